The predicted octanol–water partition coefficient (Wildman–Crippen LogP) is 4.57. The summed E-state index contributed by atoms with van der Waals surface area (Å²) in [5.74, 6) is -1.35. The van der Waals surface area contributed by atoms with Crippen molar-refractivity contribution in [2.45, 2.75) is 51.7 Å². The summed E-state index contributed by atoms with van der Waals surface area (Å²) in [4.78, 5) is 26.7. The van der Waals surface area contributed by atoms with E-state index in [1.165, 1.54) is 6.07 Å². The first-order valence-electron chi connectivity index (χ1n) is 10.1. The van der Waals surface area contributed by atoms with Crippen LogP contribution in [0, 0.1) is 11.7 Å². The van der Waals surface area contributed by atoms with Crippen molar-refractivity contribution in [1.82, 2.24) is 4.90 Å². The molecular formula is C24H28FNO4. The summed E-state index contributed by atoms with van der Waals surface area (Å²) >= 11 is 0. The van der Waals surface area contributed by atoms with Crippen molar-refractivity contribution >= 4 is 12.0 Å². The van der Waals surface area contributed by atoms with Crippen molar-refractivity contribution in [2.24, 2.45) is 5.92 Å². The molecule has 1 heterocycles. The molecule has 1 saturated heterocycles. The van der Waals surface area contributed by atoms with Gasteiger partial charge in [-0.15, -0.1) is 0 Å². The molecule has 1 N–H and O–H groups in total. The molecule has 0 radical (unpaired) electrons. The van der Waals surface area contributed by atoms with Crippen LogP contribution in [0.3, 0.4) is 0 Å². The number of hydrogen-bond acceptors (Lipinski definition) is 4. The van der Waals surface area contributed by atoms with E-state index < -0.39 is 29.1 Å². The average molecular weight is 413 g/mol. The summed E-state index contributed by atoms with van der Waals surface area (Å²) in [7, 11) is 0. The van der Waals surface area contributed by atoms with E-state index in [4.69, 9.17) is 4.74 Å². The Kier molecular flexibility index (Phi) is 5.99. The SMILES string of the molecule is CC(C)(C)OC(=O)N1C(=O)C(CO)CC1(C)Cc1ccc(-c2ccccc2F)cc1. The van der Waals surface area contributed by atoms with Gasteiger partial charge in [-0.2, -0.15) is 0 Å². The van der Waals surface area contributed by atoms with E-state index in [1.807, 2.05) is 31.2 Å². The summed E-state index contributed by atoms with van der Waals surface area (Å²) in [6.07, 6.45) is 0.0526. The second-order valence-corrected chi connectivity index (χ2v) is 9.09. The molecule has 2 aromatic carbocycles. The van der Waals surface area contributed by atoms with Crippen LogP contribution in [0.5, 0.6) is 0 Å². The topological polar surface area (TPSA) is 66.8 Å². The molecule has 5 nitrogen and oxygen atoms in total. The standard InChI is InChI=1S/C24H28FNO4/c1-23(2,3)30-22(29)26-21(28)18(15-27)14-24(26,4)13-16-9-11-17(12-10-16)19-7-5-6-8-20(19)25/h5-12,18,27H,13-15H2,1-4H3. The van der Waals surface area contributed by atoms with Gasteiger partial charge < -0.3 is 9.84 Å². The fourth-order valence-electron chi connectivity index (χ4n) is 4.01. The first kappa shape index (κ1) is 22.0. The third kappa shape index (κ3) is 4.54. The van der Waals surface area contributed by atoms with Gasteiger partial charge >= 0.3 is 6.09 Å². The molecule has 0 aliphatic carbocycles. The lowest BCUT2D eigenvalue weighted by Gasteiger charge is -2.35. The van der Waals surface area contributed by atoms with Gasteiger partial charge in [-0.3, -0.25) is 4.79 Å². The third-order valence-corrected chi connectivity index (χ3v) is 5.32. The van der Waals surface area contributed by atoms with Crippen LogP contribution < -0.4 is 0 Å². The Hall–Kier alpha value is -2.73. The number of halogens is 1. The number of likely N-dealkylation sites (tertiary alicyclic amines) is 1. The van der Waals surface area contributed by atoms with E-state index in [9.17, 15) is 19.1 Å². The fraction of sp³-hybridized carbons (Fsp3) is 0.417. The highest BCUT2D eigenvalue weighted by Crippen LogP contribution is 2.38. The Bertz CT molecular complexity index is 935. The van der Waals surface area contributed by atoms with Crippen LogP contribution in [0.2, 0.25) is 0 Å². The van der Waals surface area contributed by atoms with Crippen LogP contribution >= 0.6 is 0 Å². The Morgan fingerprint density at radius 2 is 1.83 bits per heavy atom. The molecule has 0 saturated carbocycles. The van der Waals surface area contributed by atoms with E-state index in [1.54, 1.807) is 39.0 Å². The highest BCUT2D eigenvalue weighted by Gasteiger charge is 2.52. The molecule has 30 heavy (non-hydrogen) atoms. The van der Waals surface area contributed by atoms with Gasteiger partial charge in [0.05, 0.1) is 18.1 Å². The first-order valence-corrected chi connectivity index (χ1v) is 10.1. The fourth-order valence-corrected chi connectivity index (χ4v) is 4.01. The molecule has 160 valence electrons. The molecule has 1 aliphatic rings. The number of nitrogens with zero attached hydrogens (tertiary/aromatic N) is 1. The second kappa shape index (κ2) is 8.19. The van der Waals surface area contributed by atoms with Crippen molar-refractivity contribution in [3.63, 3.8) is 0 Å². The number of carbonyl (C=O) groups excluding carboxylic acids is 2. The van der Waals surface area contributed by atoms with E-state index in [0.717, 1.165) is 16.0 Å². The number of aliphatic hydroxyl groups is 1. The smallest absolute Gasteiger partial charge is 0.417 e. The minimum atomic E-state index is -0.827. The molecule has 2 unspecified atom stereocenters. The van der Waals surface area contributed by atoms with Crippen molar-refractivity contribution in [1.29, 1.82) is 0 Å². The Labute approximate surface area is 176 Å². The van der Waals surface area contributed by atoms with Crippen LogP contribution in [0.15, 0.2) is 48.5 Å². The van der Waals surface area contributed by atoms with Gasteiger partial charge in [0.1, 0.15) is 11.4 Å². The molecule has 0 spiro atoms. The molecule has 2 aromatic rings. The molecule has 6 heteroatoms. The third-order valence-electron chi connectivity index (χ3n) is 5.32. The van der Waals surface area contributed by atoms with Crippen molar-refractivity contribution in [2.75, 3.05) is 6.61 Å². The van der Waals surface area contributed by atoms with Gasteiger partial charge in [-0.05, 0) is 57.7 Å². The maximum Gasteiger partial charge on any atom is 0.417 e. The second-order valence-electron chi connectivity index (χ2n) is 9.09. The minimum absolute atomic E-state index is 0.291. The largest absolute Gasteiger partial charge is 0.443 e. The van der Waals surface area contributed by atoms with Gasteiger partial charge in [-0.25, -0.2) is 14.1 Å². The van der Waals surface area contributed by atoms with Gasteiger partial charge in [0.15, 0.2) is 0 Å². The normalized spacial score (nSPS) is 21.7. The Balaban J connectivity index is 1.86. The van der Waals surface area contributed by atoms with Crippen molar-refractivity contribution in [3.8, 4) is 11.1 Å². The predicted molar refractivity (Wildman–Crippen MR) is 112 cm³/mol. The number of aliphatic hydroxyl groups excluding tert-OH is 1. The summed E-state index contributed by atoms with van der Waals surface area (Å²) < 4.78 is 19.5. The maximum atomic E-state index is 14.0. The number of rotatable bonds is 4. The molecule has 0 bridgehead atoms. The lowest BCUT2D eigenvalue weighted by Crippen LogP contribution is -2.50. The number of amides is 2. The summed E-state index contributed by atoms with van der Waals surface area (Å²) in [6, 6.07) is 14.0. The minimum Gasteiger partial charge on any atom is -0.443 e. The molecule has 3 rings (SSSR count). The Morgan fingerprint density at radius 3 is 2.40 bits per heavy atom. The van der Waals surface area contributed by atoms with Crippen molar-refractivity contribution < 1.29 is 23.8 Å². The number of carbonyl (C=O) groups is 2. The average Bonchev–Trinajstić information content (AvgIpc) is 2.91. The van der Waals surface area contributed by atoms with E-state index in [0.29, 0.717) is 18.4 Å². The Morgan fingerprint density at radius 1 is 1.20 bits per heavy atom. The van der Waals surface area contributed by atoms with Gasteiger partial charge in [-0.1, -0.05) is 42.5 Å². The quantitative estimate of drug-likeness (QED) is 0.797. The number of benzene rings is 2. The number of hydrogen-bond donors (Lipinski definition) is 1. The molecule has 2 atom stereocenters. The molecule has 0 aromatic heterocycles. The van der Waals surface area contributed by atoms with Gasteiger partial charge in [0.25, 0.3) is 0 Å². The lowest BCUT2D eigenvalue weighted by atomic mass is 9.87. The molecule has 1 aliphatic heterocycles. The number of imide groups is 1. The van der Waals surface area contributed by atoms with Crippen LogP contribution in [0.25, 0.3) is 11.1 Å². The number of ether oxygens (including phenoxy) is 1. The summed E-state index contributed by atoms with van der Waals surface area (Å²) in [6.45, 7) is 6.74. The zero-order chi connectivity index (χ0) is 22.1. The molecule has 2 amide bonds. The maximum absolute atomic E-state index is 14.0. The summed E-state index contributed by atoms with van der Waals surface area (Å²) in [5, 5.41) is 9.62. The monoisotopic (exact) mass is 413 g/mol. The summed E-state index contributed by atoms with van der Waals surface area (Å²) in [5.41, 5.74) is 0.602. The van der Waals surface area contributed by atoms with E-state index in [2.05, 4.69) is 0 Å². The van der Waals surface area contributed by atoms with Gasteiger partial charge in [0.2, 0.25) is 5.91 Å². The highest BCUT2D eigenvalue weighted by atomic mass is 19.1. The molecular weight excluding hydrogens is 385 g/mol. The lowest BCUT2D eigenvalue weighted by molar-refractivity contribution is -0.133. The first-order chi connectivity index (χ1) is 14.0. The van der Waals surface area contributed by atoms with Crippen LogP contribution in [-0.2, 0) is 16.0 Å². The molecule has 1 fully saturated rings. The van der Waals surface area contributed by atoms with Crippen molar-refractivity contribution in [3.05, 3.63) is 59.9 Å². The van der Waals surface area contributed by atoms with Crippen LogP contribution in [0.1, 0.15) is 39.7 Å². The highest BCUT2D eigenvalue weighted by molar-refractivity contribution is 5.96. The van der Waals surface area contributed by atoms with E-state index in [-0.39, 0.29) is 12.4 Å². The van der Waals surface area contributed by atoms with Crippen LogP contribution in [0.4, 0.5) is 9.18 Å². The van der Waals surface area contributed by atoms with E-state index >= 15 is 0 Å². The van der Waals surface area contributed by atoms with Crippen LogP contribution in [-0.4, -0.2) is 39.8 Å². The zero-order valence-corrected chi connectivity index (χ0v) is 17.8. The zero-order valence-electron chi connectivity index (χ0n) is 17.8. The van der Waals surface area contributed by atoms with Gasteiger partial charge in [0, 0.05) is 5.56 Å².